The Balaban J connectivity index is 1.14. The first-order valence-corrected chi connectivity index (χ1v) is 16.6. The van der Waals surface area contributed by atoms with Crippen molar-refractivity contribution in [3.8, 4) is 56.2 Å². The van der Waals surface area contributed by atoms with E-state index in [2.05, 4.69) is 164 Å². The summed E-state index contributed by atoms with van der Waals surface area (Å²) in [7, 11) is 0. The van der Waals surface area contributed by atoms with Gasteiger partial charge in [0.15, 0.2) is 5.82 Å². The number of fused-ring (bicyclic) bond motifs is 4. The molecule has 0 spiro atoms. The lowest BCUT2D eigenvalue weighted by Crippen LogP contribution is -1.96. The molecule has 0 amide bonds. The van der Waals surface area contributed by atoms with Crippen LogP contribution in [0.4, 0.5) is 0 Å². The molecule has 2 heterocycles. The van der Waals surface area contributed by atoms with Gasteiger partial charge in [0.1, 0.15) is 0 Å². The number of nitrogens with zero attached hydrogens (tertiary/aromatic N) is 2. The summed E-state index contributed by atoms with van der Waals surface area (Å²) in [6, 6.07) is 60.3. The molecule has 0 unspecified atom stereocenters. The van der Waals surface area contributed by atoms with E-state index >= 15 is 0 Å². The van der Waals surface area contributed by atoms with Crippen molar-refractivity contribution in [2.24, 2.45) is 0 Å². The van der Waals surface area contributed by atoms with Gasteiger partial charge in [0.25, 0.3) is 0 Å². The van der Waals surface area contributed by atoms with Gasteiger partial charge in [-0.05, 0) is 51.2 Å². The van der Waals surface area contributed by atoms with E-state index in [9.17, 15) is 0 Å². The zero-order valence-electron chi connectivity index (χ0n) is 25.5. The summed E-state index contributed by atoms with van der Waals surface area (Å²) in [6.07, 6.45) is 0. The first-order valence-electron chi connectivity index (χ1n) is 15.8. The predicted octanol–water partition coefficient (Wildman–Crippen LogP) is 12.3. The summed E-state index contributed by atoms with van der Waals surface area (Å²) < 4.78 is 2.64. The van der Waals surface area contributed by atoms with Gasteiger partial charge in [-0.3, -0.25) is 0 Å². The highest BCUT2D eigenvalue weighted by molar-refractivity contribution is 7.26. The number of benzene rings is 7. The number of aromatic nitrogens is 2. The fourth-order valence-corrected chi connectivity index (χ4v) is 7.70. The zero-order valence-corrected chi connectivity index (χ0v) is 26.3. The Bertz CT molecular complexity index is 2550. The zero-order chi connectivity index (χ0) is 31.2. The highest BCUT2D eigenvalue weighted by atomic mass is 32.1. The minimum absolute atomic E-state index is 0.717. The van der Waals surface area contributed by atoms with E-state index in [0.717, 1.165) is 33.9 Å². The molecule has 0 aliphatic heterocycles. The summed E-state index contributed by atoms with van der Waals surface area (Å²) in [5.41, 5.74) is 9.76. The van der Waals surface area contributed by atoms with E-state index < -0.39 is 0 Å². The molecular formula is C44H28N2S. The van der Waals surface area contributed by atoms with E-state index in [0.29, 0.717) is 0 Å². The van der Waals surface area contributed by atoms with Crippen molar-refractivity contribution in [1.29, 1.82) is 0 Å². The first kappa shape index (κ1) is 27.4. The first-order chi connectivity index (χ1) is 23.3. The molecule has 2 nitrogen and oxygen atoms in total. The number of rotatable bonds is 5. The molecule has 0 saturated carbocycles. The number of thiophene rings is 1. The van der Waals surface area contributed by atoms with Gasteiger partial charge in [-0.15, -0.1) is 11.3 Å². The van der Waals surface area contributed by atoms with Gasteiger partial charge in [0, 0.05) is 36.9 Å². The third-order valence-electron chi connectivity index (χ3n) is 8.92. The Morgan fingerprint density at radius 2 is 0.936 bits per heavy atom. The maximum absolute atomic E-state index is 5.14. The normalized spacial score (nSPS) is 11.4. The van der Waals surface area contributed by atoms with Gasteiger partial charge in [-0.25, -0.2) is 9.97 Å². The molecule has 220 valence electrons. The average molecular weight is 617 g/mol. The van der Waals surface area contributed by atoms with Crippen LogP contribution in [0.5, 0.6) is 0 Å². The lowest BCUT2D eigenvalue weighted by atomic mass is 9.99. The molecule has 47 heavy (non-hydrogen) atoms. The molecule has 0 aliphatic carbocycles. The third-order valence-corrected chi connectivity index (χ3v) is 10.1. The lowest BCUT2D eigenvalue weighted by Gasteiger charge is -2.11. The Hall–Kier alpha value is -5.90. The van der Waals surface area contributed by atoms with Crippen molar-refractivity contribution < 1.29 is 0 Å². The molecule has 0 N–H and O–H groups in total. The Morgan fingerprint density at radius 1 is 0.362 bits per heavy atom. The molecule has 0 aliphatic rings. The van der Waals surface area contributed by atoms with Crippen LogP contribution in [-0.4, -0.2) is 9.97 Å². The van der Waals surface area contributed by atoms with Gasteiger partial charge in [0.05, 0.1) is 11.4 Å². The average Bonchev–Trinajstić information content (AvgIpc) is 3.54. The van der Waals surface area contributed by atoms with Gasteiger partial charge in [0.2, 0.25) is 0 Å². The van der Waals surface area contributed by atoms with Gasteiger partial charge < -0.3 is 0 Å². The molecule has 3 heteroatoms. The maximum atomic E-state index is 5.14. The lowest BCUT2D eigenvalue weighted by molar-refractivity contribution is 1.18. The van der Waals surface area contributed by atoms with Crippen LogP contribution in [0.2, 0.25) is 0 Å². The highest BCUT2D eigenvalue weighted by Gasteiger charge is 2.14. The van der Waals surface area contributed by atoms with Crippen LogP contribution in [0, 0.1) is 0 Å². The molecule has 0 atom stereocenters. The Kier molecular flexibility index (Phi) is 6.69. The second-order valence-electron chi connectivity index (χ2n) is 11.8. The van der Waals surface area contributed by atoms with Crippen LogP contribution < -0.4 is 0 Å². The van der Waals surface area contributed by atoms with Crippen LogP contribution in [0.25, 0.3) is 87.1 Å². The van der Waals surface area contributed by atoms with Crippen LogP contribution in [-0.2, 0) is 0 Å². The van der Waals surface area contributed by atoms with E-state index in [1.54, 1.807) is 0 Å². The number of hydrogen-bond acceptors (Lipinski definition) is 3. The standard InChI is InChI=1S/C44H28N2S/c1-2-9-29(10-3-1)31-17-22-33(23-18-31)40-28-41(46-44(45-40)36-26-19-30-11-4-5-12-35(30)27-36)34-24-20-32(21-25-34)37-14-8-15-39-38-13-6-7-16-42(38)47-43(37)39/h1-28H. The topological polar surface area (TPSA) is 25.8 Å². The molecule has 9 rings (SSSR count). The summed E-state index contributed by atoms with van der Waals surface area (Å²) in [6.45, 7) is 0. The molecule has 0 fully saturated rings. The molecule has 7 aromatic carbocycles. The summed E-state index contributed by atoms with van der Waals surface area (Å²) in [4.78, 5) is 10.3. The quantitative estimate of drug-likeness (QED) is 0.192. The molecule has 0 radical (unpaired) electrons. The van der Waals surface area contributed by atoms with Gasteiger partial charge in [-0.1, -0.05) is 152 Å². The van der Waals surface area contributed by atoms with Crippen LogP contribution in [0.1, 0.15) is 0 Å². The monoisotopic (exact) mass is 616 g/mol. The third kappa shape index (κ3) is 5.07. The number of hydrogen-bond donors (Lipinski definition) is 0. The maximum Gasteiger partial charge on any atom is 0.160 e. The highest BCUT2D eigenvalue weighted by Crippen LogP contribution is 2.40. The summed E-state index contributed by atoms with van der Waals surface area (Å²) in [5, 5.41) is 5.00. The van der Waals surface area contributed by atoms with Crippen molar-refractivity contribution >= 4 is 42.3 Å². The minimum atomic E-state index is 0.717. The predicted molar refractivity (Wildman–Crippen MR) is 200 cm³/mol. The summed E-state index contributed by atoms with van der Waals surface area (Å²) >= 11 is 1.86. The SMILES string of the molecule is c1ccc(-c2ccc(-c3cc(-c4ccc(-c5cccc6c5sc5ccccc56)cc4)nc(-c4ccc5ccccc5c4)n3)cc2)cc1. The van der Waals surface area contributed by atoms with Crippen molar-refractivity contribution in [1.82, 2.24) is 9.97 Å². The van der Waals surface area contributed by atoms with E-state index in [4.69, 9.17) is 9.97 Å². The Labute approximate surface area is 277 Å². The molecule has 9 aromatic rings. The second kappa shape index (κ2) is 11.5. The van der Waals surface area contributed by atoms with Crippen LogP contribution in [0.15, 0.2) is 170 Å². The molecule has 0 saturated heterocycles. The molecule has 0 bridgehead atoms. The summed E-state index contributed by atoms with van der Waals surface area (Å²) in [5.74, 6) is 0.717. The fourth-order valence-electron chi connectivity index (χ4n) is 6.46. The smallest absolute Gasteiger partial charge is 0.160 e. The minimum Gasteiger partial charge on any atom is -0.228 e. The molecular weight excluding hydrogens is 589 g/mol. The fraction of sp³-hybridized carbons (Fsp3) is 0. The second-order valence-corrected chi connectivity index (χ2v) is 12.9. The van der Waals surface area contributed by atoms with E-state index in [1.165, 1.54) is 53.2 Å². The van der Waals surface area contributed by atoms with E-state index in [-0.39, 0.29) is 0 Å². The van der Waals surface area contributed by atoms with Crippen LogP contribution >= 0.6 is 11.3 Å². The Morgan fingerprint density at radius 3 is 1.70 bits per heavy atom. The van der Waals surface area contributed by atoms with Crippen molar-refractivity contribution in [3.05, 3.63) is 170 Å². The van der Waals surface area contributed by atoms with Crippen molar-refractivity contribution in [2.45, 2.75) is 0 Å². The van der Waals surface area contributed by atoms with Crippen LogP contribution in [0.3, 0.4) is 0 Å². The van der Waals surface area contributed by atoms with E-state index in [1.807, 2.05) is 17.4 Å². The largest absolute Gasteiger partial charge is 0.228 e. The van der Waals surface area contributed by atoms with Gasteiger partial charge >= 0.3 is 0 Å². The van der Waals surface area contributed by atoms with Crippen molar-refractivity contribution in [2.75, 3.05) is 0 Å². The van der Waals surface area contributed by atoms with Gasteiger partial charge in [-0.2, -0.15) is 0 Å². The molecule has 2 aromatic heterocycles. The van der Waals surface area contributed by atoms with Crippen molar-refractivity contribution in [3.63, 3.8) is 0 Å².